The molecule has 0 amide bonds. The molecule has 2 nitrogen and oxygen atoms in total. The van der Waals surface area contributed by atoms with Crippen LogP contribution >= 0.6 is 11.6 Å². The Morgan fingerprint density at radius 1 is 0.765 bits per heavy atom. The van der Waals surface area contributed by atoms with Crippen LogP contribution in [0.1, 0.15) is 18.1 Å². The molecule has 0 spiro atoms. The van der Waals surface area contributed by atoms with Gasteiger partial charge in [0.25, 0.3) is 0 Å². The van der Waals surface area contributed by atoms with Gasteiger partial charge in [-0.05, 0) is 42.3 Å². The standard InChI is InChI=1S/C14H13ClO2/c1-14(15,10-2-6-12(16)7-3-10)11-4-8-13(17)9-5-11/h2-9,16-17H,1H3. The number of rotatable bonds is 2. The number of phenols is 2. The van der Waals surface area contributed by atoms with E-state index in [2.05, 4.69) is 0 Å². The van der Waals surface area contributed by atoms with Crippen molar-refractivity contribution in [2.45, 2.75) is 11.8 Å². The summed E-state index contributed by atoms with van der Waals surface area (Å²) >= 11 is 6.53. The molecule has 2 aromatic carbocycles. The van der Waals surface area contributed by atoms with Crippen molar-refractivity contribution in [3.8, 4) is 11.5 Å². The van der Waals surface area contributed by atoms with Crippen molar-refractivity contribution in [1.29, 1.82) is 0 Å². The van der Waals surface area contributed by atoms with E-state index < -0.39 is 4.87 Å². The fourth-order valence-electron chi connectivity index (χ4n) is 1.72. The van der Waals surface area contributed by atoms with E-state index in [0.717, 1.165) is 11.1 Å². The van der Waals surface area contributed by atoms with Crippen LogP contribution in [0.2, 0.25) is 0 Å². The van der Waals surface area contributed by atoms with Crippen LogP contribution in [-0.2, 0) is 4.87 Å². The van der Waals surface area contributed by atoms with Crippen LogP contribution < -0.4 is 0 Å². The van der Waals surface area contributed by atoms with Crippen LogP contribution in [0.5, 0.6) is 11.5 Å². The van der Waals surface area contributed by atoms with Gasteiger partial charge in [0, 0.05) is 0 Å². The summed E-state index contributed by atoms with van der Waals surface area (Å²) in [7, 11) is 0. The molecular weight excluding hydrogens is 236 g/mol. The van der Waals surface area contributed by atoms with Gasteiger partial charge in [0.15, 0.2) is 0 Å². The molecule has 0 saturated heterocycles. The molecule has 0 saturated carbocycles. The average molecular weight is 249 g/mol. The highest BCUT2D eigenvalue weighted by atomic mass is 35.5. The predicted octanol–water partition coefficient (Wildman–Crippen LogP) is 3.60. The van der Waals surface area contributed by atoms with Crippen molar-refractivity contribution in [3.63, 3.8) is 0 Å². The summed E-state index contributed by atoms with van der Waals surface area (Å²) in [4.78, 5) is -0.679. The Bertz CT molecular complexity index is 453. The molecule has 3 heteroatoms. The molecular formula is C14H13ClO2. The Balaban J connectivity index is 2.41. The lowest BCUT2D eigenvalue weighted by atomic mass is 9.92. The molecule has 88 valence electrons. The SMILES string of the molecule is CC(Cl)(c1ccc(O)cc1)c1ccc(O)cc1. The molecule has 2 N–H and O–H groups in total. The van der Waals surface area contributed by atoms with Crippen molar-refractivity contribution >= 4 is 11.6 Å². The topological polar surface area (TPSA) is 40.5 Å². The van der Waals surface area contributed by atoms with Crippen molar-refractivity contribution < 1.29 is 10.2 Å². The molecule has 0 radical (unpaired) electrons. The minimum absolute atomic E-state index is 0.215. The summed E-state index contributed by atoms with van der Waals surface area (Å²) < 4.78 is 0. The summed E-state index contributed by atoms with van der Waals surface area (Å²) in [6.45, 7) is 1.88. The van der Waals surface area contributed by atoms with E-state index in [9.17, 15) is 10.2 Å². The lowest BCUT2D eigenvalue weighted by Crippen LogP contribution is -2.15. The number of benzene rings is 2. The van der Waals surface area contributed by atoms with E-state index in [1.54, 1.807) is 48.5 Å². The number of phenolic OH excluding ortho intramolecular Hbond substituents is 2. The first-order valence-electron chi connectivity index (χ1n) is 5.28. The fraction of sp³-hybridized carbons (Fsp3) is 0.143. The Kier molecular flexibility index (Phi) is 2.99. The van der Waals surface area contributed by atoms with E-state index in [1.165, 1.54) is 0 Å². The van der Waals surface area contributed by atoms with E-state index >= 15 is 0 Å². The van der Waals surface area contributed by atoms with Crippen molar-refractivity contribution in [3.05, 3.63) is 59.7 Å². The highest BCUT2D eigenvalue weighted by molar-refractivity contribution is 6.25. The van der Waals surface area contributed by atoms with Gasteiger partial charge in [-0.3, -0.25) is 0 Å². The quantitative estimate of drug-likeness (QED) is 0.798. The Labute approximate surface area is 105 Å². The van der Waals surface area contributed by atoms with E-state index in [4.69, 9.17) is 11.6 Å². The van der Waals surface area contributed by atoms with Gasteiger partial charge >= 0.3 is 0 Å². The first-order valence-corrected chi connectivity index (χ1v) is 5.66. The van der Waals surface area contributed by atoms with Gasteiger partial charge in [0.1, 0.15) is 11.5 Å². The predicted molar refractivity (Wildman–Crippen MR) is 68.5 cm³/mol. The Morgan fingerprint density at radius 3 is 1.35 bits per heavy atom. The van der Waals surface area contributed by atoms with Gasteiger partial charge < -0.3 is 10.2 Å². The van der Waals surface area contributed by atoms with Gasteiger partial charge in [-0.1, -0.05) is 24.3 Å². The normalized spacial score (nSPS) is 11.4. The fourth-order valence-corrected chi connectivity index (χ4v) is 1.97. The van der Waals surface area contributed by atoms with E-state index in [0.29, 0.717) is 0 Å². The second-order valence-corrected chi connectivity index (χ2v) is 4.85. The summed E-state index contributed by atoms with van der Waals surface area (Å²) in [6, 6.07) is 13.6. The van der Waals surface area contributed by atoms with Crippen molar-refractivity contribution in [2.75, 3.05) is 0 Å². The monoisotopic (exact) mass is 248 g/mol. The number of alkyl halides is 1. The maximum atomic E-state index is 9.25. The first kappa shape index (κ1) is 11.8. The van der Waals surface area contributed by atoms with Gasteiger partial charge in [-0.15, -0.1) is 11.6 Å². The van der Waals surface area contributed by atoms with Crippen LogP contribution in [0.4, 0.5) is 0 Å². The molecule has 0 aromatic heterocycles. The van der Waals surface area contributed by atoms with Gasteiger partial charge in [-0.2, -0.15) is 0 Å². The maximum Gasteiger partial charge on any atom is 0.115 e. The summed E-state index contributed by atoms with van der Waals surface area (Å²) in [6.07, 6.45) is 0. The zero-order valence-electron chi connectivity index (χ0n) is 9.39. The van der Waals surface area contributed by atoms with Crippen LogP contribution in [0.3, 0.4) is 0 Å². The van der Waals surface area contributed by atoms with Gasteiger partial charge in [-0.25, -0.2) is 0 Å². The van der Waals surface area contributed by atoms with Crippen LogP contribution in [0.15, 0.2) is 48.5 Å². The maximum absolute atomic E-state index is 9.25. The smallest absolute Gasteiger partial charge is 0.115 e. The number of hydrogen-bond donors (Lipinski definition) is 2. The third-order valence-electron chi connectivity index (χ3n) is 2.82. The summed E-state index contributed by atoms with van der Waals surface area (Å²) in [5.41, 5.74) is 1.78. The summed E-state index contributed by atoms with van der Waals surface area (Å²) in [5, 5.41) is 18.5. The highest BCUT2D eigenvalue weighted by Crippen LogP contribution is 2.37. The van der Waals surface area contributed by atoms with Crippen LogP contribution in [0, 0.1) is 0 Å². The van der Waals surface area contributed by atoms with Gasteiger partial charge in [0.2, 0.25) is 0 Å². The molecule has 0 heterocycles. The number of aromatic hydroxyl groups is 2. The molecule has 0 fully saturated rings. The zero-order valence-corrected chi connectivity index (χ0v) is 10.1. The molecule has 0 aliphatic rings. The summed E-state index contributed by atoms with van der Waals surface area (Å²) in [5.74, 6) is 0.429. The minimum Gasteiger partial charge on any atom is -0.508 e. The molecule has 0 aliphatic carbocycles. The average Bonchev–Trinajstić information content (AvgIpc) is 2.30. The van der Waals surface area contributed by atoms with Crippen molar-refractivity contribution in [2.24, 2.45) is 0 Å². The third-order valence-corrected chi connectivity index (χ3v) is 3.26. The molecule has 0 atom stereocenters. The second-order valence-electron chi connectivity index (χ2n) is 4.10. The lowest BCUT2D eigenvalue weighted by molar-refractivity contribution is 0.475. The molecule has 0 unspecified atom stereocenters. The second kappa shape index (κ2) is 4.30. The van der Waals surface area contributed by atoms with Crippen molar-refractivity contribution in [1.82, 2.24) is 0 Å². The molecule has 0 aliphatic heterocycles. The first-order chi connectivity index (χ1) is 8.00. The van der Waals surface area contributed by atoms with E-state index in [-0.39, 0.29) is 11.5 Å². The molecule has 0 bridgehead atoms. The Hall–Kier alpha value is -1.67. The third kappa shape index (κ3) is 2.37. The molecule has 2 rings (SSSR count). The number of hydrogen-bond acceptors (Lipinski definition) is 2. The minimum atomic E-state index is -0.679. The number of halogens is 1. The zero-order chi connectivity index (χ0) is 12.5. The molecule has 17 heavy (non-hydrogen) atoms. The Morgan fingerprint density at radius 2 is 1.06 bits per heavy atom. The van der Waals surface area contributed by atoms with Gasteiger partial charge in [0.05, 0.1) is 4.87 Å². The van der Waals surface area contributed by atoms with Crippen LogP contribution in [0.25, 0.3) is 0 Å². The lowest BCUT2D eigenvalue weighted by Gasteiger charge is -2.23. The van der Waals surface area contributed by atoms with Crippen LogP contribution in [-0.4, -0.2) is 10.2 Å². The highest BCUT2D eigenvalue weighted by Gasteiger charge is 2.25. The molecule has 2 aromatic rings. The largest absolute Gasteiger partial charge is 0.508 e. The van der Waals surface area contributed by atoms with E-state index in [1.807, 2.05) is 6.92 Å².